The van der Waals surface area contributed by atoms with E-state index in [0.717, 1.165) is 0 Å². The minimum atomic E-state index is -0.692. The molecular formula is C13H19N3O4. The first-order valence-corrected chi connectivity index (χ1v) is 6.32. The summed E-state index contributed by atoms with van der Waals surface area (Å²) in [6.45, 7) is 3.93. The van der Waals surface area contributed by atoms with E-state index in [-0.39, 0.29) is 29.4 Å². The number of aliphatic hydroxyl groups excluding tert-OH is 1. The van der Waals surface area contributed by atoms with Crippen molar-refractivity contribution < 1.29 is 14.8 Å². The highest BCUT2D eigenvalue weighted by atomic mass is 16.6. The van der Waals surface area contributed by atoms with E-state index >= 15 is 0 Å². The van der Waals surface area contributed by atoms with Crippen molar-refractivity contribution in [1.29, 1.82) is 0 Å². The van der Waals surface area contributed by atoms with E-state index in [1.807, 2.05) is 13.8 Å². The van der Waals surface area contributed by atoms with Gasteiger partial charge in [-0.2, -0.15) is 0 Å². The zero-order valence-corrected chi connectivity index (χ0v) is 11.5. The molecule has 0 spiro atoms. The molecule has 1 rings (SSSR count). The summed E-state index contributed by atoms with van der Waals surface area (Å²) in [5.74, 6) is -0.365. The van der Waals surface area contributed by atoms with Crippen LogP contribution in [0, 0.1) is 16.0 Å². The zero-order chi connectivity index (χ0) is 15.3. The third kappa shape index (κ3) is 4.20. The third-order valence-electron chi connectivity index (χ3n) is 2.74. The number of rotatable bonds is 6. The molecule has 1 atom stereocenters. The molecule has 20 heavy (non-hydrogen) atoms. The van der Waals surface area contributed by atoms with Gasteiger partial charge >= 0.3 is 0 Å². The lowest BCUT2D eigenvalue weighted by molar-refractivity contribution is -0.385. The summed E-state index contributed by atoms with van der Waals surface area (Å²) < 4.78 is 0. The van der Waals surface area contributed by atoms with Gasteiger partial charge in [-0.15, -0.1) is 0 Å². The fourth-order valence-corrected chi connectivity index (χ4v) is 1.88. The molecular weight excluding hydrogens is 262 g/mol. The average Bonchev–Trinajstić information content (AvgIpc) is 2.34. The van der Waals surface area contributed by atoms with E-state index in [1.54, 1.807) is 0 Å². The molecule has 0 saturated heterocycles. The number of amides is 1. The summed E-state index contributed by atoms with van der Waals surface area (Å²) >= 11 is 0. The Kier molecular flexibility index (Phi) is 5.45. The summed E-state index contributed by atoms with van der Waals surface area (Å²) in [5, 5.41) is 23.0. The van der Waals surface area contributed by atoms with Crippen molar-refractivity contribution in [3.63, 3.8) is 0 Å². The third-order valence-corrected chi connectivity index (χ3v) is 2.74. The summed E-state index contributed by atoms with van der Waals surface area (Å²) in [5.41, 5.74) is 5.14. The van der Waals surface area contributed by atoms with Gasteiger partial charge in [-0.25, -0.2) is 0 Å². The number of carbonyl (C=O) groups is 1. The Morgan fingerprint density at radius 1 is 1.50 bits per heavy atom. The first-order chi connectivity index (χ1) is 9.32. The topological polar surface area (TPSA) is 118 Å². The second-order valence-corrected chi connectivity index (χ2v) is 4.99. The van der Waals surface area contributed by atoms with Crippen molar-refractivity contribution in [2.24, 2.45) is 5.92 Å². The van der Waals surface area contributed by atoms with Gasteiger partial charge < -0.3 is 16.2 Å². The number of benzene rings is 1. The fourth-order valence-electron chi connectivity index (χ4n) is 1.88. The van der Waals surface area contributed by atoms with Crippen LogP contribution in [0.2, 0.25) is 0 Å². The second-order valence-electron chi connectivity index (χ2n) is 4.99. The van der Waals surface area contributed by atoms with Crippen LogP contribution in [-0.4, -0.2) is 28.6 Å². The van der Waals surface area contributed by atoms with Crippen molar-refractivity contribution >= 4 is 17.3 Å². The van der Waals surface area contributed by atoms with Crippen LogP contribution < -0.4 is 11.1 Å². The van der Waals surface area contributed by atoms with Crippen LogP contribution in [-0.2, 0) is 0 Å². The Balaban J connectivity index is 2.80. The van der Waals surface area contributed by atoms with E-state index in [2.05, 4.69) is 5.32 Å². The number of hydrogen-bond acceptors (Lipinski definition) is 5. The fraction of sp³-hybridized carbons (Fsp3) is 0.462. The molecule has 110 valence electrons. The predicted octanol–water partition coefficient (Wildman–Crippen LogP) is 1.31. The maximum absolute atomic E-state index is 12.0. The molecule has 1 aromatic rings. The van der Waals surface area contributed by atoms with E-state index in [9.17, 15) is 20.0 Å². The highest BCUT2D eigenvalue weighted by Gasteiger charge is 2.23. The first kappa shape index (κ1) is 15.9. The monoisotopic (exact) mass is 281 g/mol. The van der Waals surface area contributed by atoms with Gasteiger partial charge in [0.1, 0.15) is 5.56 Å². The molecule has 0 saturated carbocycles. The molecule has 7 heteroatoms. The maximum atomic E-state index is 12.0. The molecule has 0 heterocycles. The van der Waals surface area contributed by atoms with Crippen LogP contribution in [0.1, 0.15) is 30.6 Å². The average molecular weight is 281 g/mol. The van der Waals surface area contributed by atoms with Crippen molar-refractivity contribution in [2.75, 3.05) is 12.3 Å². The van der Waals surface area contributed by atoms with Crippen LogP contribution in [0.3, 0.4) is 0 Å². The lowest BCUT2D eigenvalue weighted by atomic mass is 10.1. The SMILES string of the molecule is CC(C)CC(O)CNC(=O)c1c(N)cccc1[N+](=O)[O-]. The van der Waals surface area contributed by atoms with Gasteiger partial charge in [0.2, 0.25) is 0 Å². The number of nitrogens with zero attached hydrogens (tertiary/aromatic N) is 1. The molecule has 1 unspecified atom stereocenters. The maximum Gasteiger partial charge on any atom is 0.284 e. The van der Waals surface area contributed by atoms with E-state index < -0.39 is 16.9 Å². The summed E-state index contributed by atoms with van der Waals surface area (Å²) in [4.78, 5) is 22.2. The predicted molar refractivity (Wildman–Crippen MR) is 75.3 cm³/mol. The van der Waals surface area contributed by atoms with Gasteiger partial charge in [0.15, 0.2) is 0 Å². The van der Waals surface area contributed by atoms with Crippen LogP contribution in [0.4, 0.5) is 11.4 Å². The largest absolute Gasteiger partial charge is 0.398 e. The standard InChI is InChI=1S/C13H19N3O4/c1-8(2)6-9(17)7-15-13(18)12-10(14)4-3-5-11(12)16(19)20/h3-5,8-9,17H,6-7,14H2,1-2H3,(H,15,18). The van der Waals surface area contributed by atoms with Crippen LogP contribution in [0.15, 0.2) is 18.2 Å². The number of nitro benzene ring substituents is 1. The van der Waals surface area contributed by atoms with Gasteiger partial charge in [0, 0.05) is 12.6 Å². The quantitative estimate of drug-likeness (QED) is 0.412. The molecule has 0 bridgehead atoms. The van der Waals surface area contributed by atoms with E-state index in [1.165, 1.54) is 18.2 Å². The molecule has 4 N–H and O–H groups in total. The molecule has 1 amide bonds. The molecule has 7 nitrogen and oxygen atoms in total. The van der Waals surface area contributed by atoms with Gasteiger partial charge in [0.25, 0.3) is 11.6 Å². The van der Waals surface area contributed by atoms with E-state index in [0.29, 0.717) is 6.42 Å². The zero-order valence-electron chi connectivity index (χ0n) is 11.5. The minimum absolute atomic E-state index is 0.0303. The van der Waals surface area contributed by atoms with Crippen LogP contribution in [0.25, 0.3) is 0 Å². The Morgan fingerprint density at radius 3 is 2.70 bits per heavy atom. The molecule has 0 aliphatic carbocycles. The smallest absolute Gasteiger partial charge is 0.284 e. The number of anilines is 1. The number of carbonyl (C=O) groups excluding carboxylic acids is 1. The normalized spacial score (nSPS) is 12.2. The summed E-state index contributed by atoms with van der Waals surface area (Å²) in [7, 11) is 0. The van der Waals surface area contributed by atoms with E-state index in [4.69, 9.17) is 5.73 Å². The van der Waals surface area contributed by atoms with Crippen molar-refractivity contribution in [1.82, 2.24) is 5.32 Å². The number of hydrogen-bond donors (Lipinski definition) is 3. The van der Waals surface area contributed by atoms with Gasteiger partial charge in [-0.05, 0) is 18.4 Å². The van der Waals surface area contributed by atoms with Crippen molar-refractivity contribution in [3.8, 4) is 0 Å². The van der Waals surface area contributed by atoms with Crippen LogP contribution >= 0.6 is 0 Å². The van der Waals surface area contributed by atoms with Gasteiger partial charge in [0.05, 0.1) is 16.7 Å². The molecule has 0 aliphatic rings. The van der Waals surface area contributed by atoms with Gasteiger partial charge in [-0.1, -0.05) is 19.9 Å². The lowest BCUT2D eigenvalue weighted by Gasteiger charge is -2.14. The molecule has 0 aliphatic heterocycles. The molecule has 0 aromatic heterocycles. The lowest BCUT2D eigenvalue weighted by Crippen LogP contribution is -2.33. The number of nitro groups is 1. The summed E-state index contributed by atoms with van der Waals surface area (Å²) in [6, 6.07) is 4.06. The Hall–Kier alpha value is -2.15. The number of aliphatic hydroxyl groups is 1. The number of nitrogens with one attached hydrogen (secondary N) is 1. The first-order valence-electron chi connectivity index (χ1n) is 6.32. The number of nitrogens with two attached hydrogens (primary N) is 1. The summed E-state index contributed by atoms with van der Waals surface area (Å²) in [6.07, 6.45) is -0.157. The van der Waals surface area contributed by atoms with Crippen LogP contribution in [0.5, 0.6) is 0 Å². The molecule has 0 radical (unpaired) electrons. The highest BCUT2D eigenvalue weighted by Crippen LogP contribution is 2.23. The van der Waals surface area contributed by atoms with Crippen molar-refractivity contribution in [2.45, 2.75) is 26.4 Å². The second kappa shape index (κ2) is 6.85. The Bertz CT molecular complexity index is 502. The number of nitrogen functional groups attached to an aromatic ring is 1. The van der Waals surface area contributed by atoms with Gasteiger partial charge in [-0.3, -0.25) is 14.9 Å². The highest BCUT2D eigenvalue weighted by molar-refractivity contribution is 6.03. The Labute approximate surface area is 116 Å². The van der Waals surface area contributed by atoms with Crippen molar-refractivity contribution in [3.05, 3.63) is 33.9 Å². The minimum Gasteiger partial charge on any atom is -0.398 e. The Morgan fingerprint density at radius 2 is 2.15 bits per heavy atom. The molecule has 1 aromatic carbocycles. The molecule has 0 fully saturated rings.